The number of nitrogens with zero attached hydrogens (tertiary/aromatic N) is 4. The summed E-state index contributed by atoms with van der Waals surface area (Å²) in [5.41, 5.74) is 3.10. The van der Waals surface area contributed by atoms with E-state index in [0.29, 0.717) is 40.6 Å². The van der Waals surface area contributed by atoms with E-state index in [9.17, 15) is 14.7 Å². The first kappa shape index (κ1) is 31.6. The van der Waals surface area contributed by atoms with Crippen LogP contribution in [-0.4, -0.2) is 98.1 Å². The van der Waals surface area contributed by atoms with E-state index in [-0.39, 0.29) is 17.5 Å². The van der Waals surface area contributed by atoms with Crippen molar-refractivity contribution in [1.82, 2.24) is 24.9 Å². The van der Waals surface area contributed by atoms with Gasteiger partial charge in [0.2, 0.25) is 0 Å². The normalized spacial score (nSPS) is 11.2. The number of amides is 1. The first-order chi connectivity index (χ1) is 19.6. The van der Waals surface area contributed by atoms with Crippen LogP contribution >= 0.6 is 0 Å². The summed E-state index contributed by atoms with van der Waals surface area (Å²) < 4.78 is 12.8. The lowest BCUT2D eigenvalue weighted by Crippen LogP contribution is -2.31. The molecule has 0 fully saturated rings. The third kappa shape index (κ3) is 7.65. The highest BCUT2D eigenvalue weighted by molar-refractivity contribution is 5.95. The molecule has 0 spiro atoms. The summed E-state index contributed by atoms with van der Waals surface area (Å²) in [6.45, 7) is 7.63. The van der Waals surface area contributed by atoms with Gasteiger partial charge in [0.25, 0.3) is 5.91 Å². The Labute approximate surface area is 242 Å². The van der Waals surface area contributed by atoms with Gasteiger partial charge in [-0.3, -0.25) is 4.79 Å². The molecule has 10 heteroatoms. The predicted molar refractivity (Wildman–Crippen MR) is 161 cm³/mol. The Morgan fingerprint density at radius 3 is 2.24 bits per heavy atom. The predicted octanol–water partition coefficient (Wildman–Crippen LogP) is 4.38. The minimum atomic E-state index is -1.15. The van der Waals surface area contributed by atoms with Gasteiger partial charge in [0.05, 0.1) is 31.2 Å². The summed E-state index contributed by atoms with van der Waals surface area (Å²) in [4.78, 5) is 29.4. The molecule has 1 amide bonds. The van der Waals surface area contributed by atoms with E-state index in [4.69, 9.17) is 9.47 Å². The van der Waals surface area contributed by atoms with Crippen LogP contribution < -0.4 is 14.8 Å². The second kappa shape index (κ2) is 14.7. The quantitative estimate of drug-likeness (QED) is 0.261. The number of hydrogen-bond donors (Lipinski definition) is 2. The monoisotopic (exact) mass is 565 g/mol. The average molecular weight is 566 g/mol. The minimum absolute atomic E-state index is 0.0270. The molecule has 0 bridgehead atoms. The number of nitrogens with one attached hydrogen (secondary N) is 1. The molecule has 222 valence electrons. The smallest absolute Gasteiger partial charge is 0.356 e. The van der Waals surface area contributed by atoms with Gasteiger partial charge >= 0.3 is 5.97 Å². The van der Waals surface area contributed by atoms with E-state index in [0.717, 1.165) is 38.0 Å². The zero-order chi connectivity index (χ0) is 30.1. The molecule has 0 saturated carbocycles. The standard InChI is InChI=1S/C31H43N5O5/c1-21(2)23-19-22(30(37)35(5)18-10-17-34(4)16-9-15-32-3)13-14-25(23)36-26(20-24(33-36)31(38)39)29-27(40-6)11-8-12-28(29)41-7/h8,11-14,19-21,32H,9-10,15-18H2,1-7H3,(H,38,39). The van der Waals surface area contributed by atoms with Crippen molar-refractivity contribution in [3.05, 3.63) is 59.3 Å². The van der Waals surface area contributed by atoms with Gasteiger partial charge in [0, 0.05) is 19.2 Å². The van der Waals surface area contributed by atoms with Crippen molar-refractivity contribution >= 4 is 11.9 Å². The molecule has 0 saturated heterocycles. The van der Waals surface area contributed by atoms with E-state index in [1.807, 2.05) is 40.1 Å². The molecular weight excluding hydrogens is 522 g/mol. The molecule has 0 aliphatic heterocycles. The number of carboxylic acid groups (broad SMARTS) is 1. The highest BCUT2D eigenvalue weighted by Gasteiger charge is 2.24. The molecule has 0 aliphatic rings. The molecule has 0 radical (unpaired) electrons. The maximum atomic E-state index is 13.4. The number of benzene rings is 2. The summed E-state index contributed by atoms with van der Waals surface area (Å²) in [5, 5.41) is 17.4. The van der Waals surface area contributed by atoms with Crippen LogP contribution in [0.4, 0.5) is 0 Å². The summed E-state index contributed by atoms with van der Waals surface area (Å²) in [5.74, 6) is -0.135. The van der Waals surface area contributed by atoms with Crippen molar-refractivity contribution in [3.8, 4) is 28.4 Å². The van der Waals surface area contributed by atoms with Crippen LogP contribution in [0.1, 0.15) is 59.0 Å². The third-order valence-corrected chi connectivity index (χ3v) is 7.08. The number of carboxylic acids is 1. The van der Waals surface area contributed by atoms with Crippen molar-refractivity contribution in [3.63, 3.8) is 0 Å². The highest BCUT2D eigenvalue weighted by Crippen LogP contribution is 2.40. The van der Waals surface area contributed by atoms with E-state index >= 15 is 0 Å². The number of aromatic nitrogens is 2. The summed E-state index contributed by atoms with van der Waals surface area (Å²) in [7, 11) is 8.98. The van der Waals surface area contributed by atoms with Gasteiger partial charge < -0.3 is 29.7 Å². The van der Waals surface area contributed by atoms with Crippen molar-refractivity contribution < 1.29 is 24.2 Å². The topological polar surface area (TPSA) is 109 Å². The van der Waals surface area contributed by atoms with Crippen LogP contribution in [0.2, 0.25) is 0 Å². The molecule has 1 heterocycles. The second-order valence-electron chi connectivity index (χ2n) is 10.4. The Hall–Kier alpha value is -3.89. The third-order valence-electron chi connectivity index (χ3n) is 7.08. The van der Waals surface area contributed by atoms with Crippen LogP contribution in [0.25, 0.3) is 16.9 Å². The van der Waals surface area contributed by atoms with E-state index in [1.54, 1.807) is 48.1 Å². The maximum Gasteiger partial charge on any atom is 0.356 e. The molecule has 2 aromatic carbocycles. The molecule has 3 rings (SSSR count). The number of carbonyl (C=O) groups excluding carboxylic acids is 1. The lowest BCUT2D eigenvalue weighted by molar-refractivity contribution is 0.0689. The van der Waals surface area contributed by atoms with E-state index in [1.165, 1.54) is 6.07 Å². The molecule has 41 heavy (non-hydrogen) atoms. The molecule has 2 N–H and O–H groups in total. The van der Waals surface area contributed by atoms with Crippen molar-refractivity contribution in [2.75, 3.05) is 61.5 Å². The first-order valence-electron chi connectivity index (χ1n) is 13.9. The van der Waals surface area contributed by atoms with Crippen molar-refractivity contribution in [2.24, 2.45) is 0 Å². The average Bonchev–Trinajstić information content (AvgIpc) is 3.41. The summed E-state index contributed by atoms with van der Waals surface area (Å²) in [6, 6.07) is 12.4. The van der Waals surface area contributed by atoms with Crippen LogP contribution in [0.5, 0.6) is 11.5 Å². The highest BCUT2D eigenvalue weighted by atomic mass is 16.5. The van der Waals surface area contributed by atoms with Gasteiger partial charge in [-0.2, -0.15) is 5.10 Å². The number of hydrogen-bond acceptors (Lipinski definition) is 7. The molecular formula is C31H43N5O5. The van der Waals surface area contributed by atoms with Gasteiger partial charge in [-0.15, -0.1) is 0 Å². The van der Waals surface area contributed by atoms with Gasteiger partial charge in [0.1, 0.15) is 11.5 Å². The second-order valence-corrected chi connectivity index (χ2v) is 10.4. The lowest BCUT2D eigenvalue weighted by atomic mass is 9.97. The van der Waals surface area contributed by atoms with Crippen LogP contribution in [0.3, 0.4) is 0 Å². The van der Waals surface area contributed by atoms with Gasteiger partial charge in [0.15, 0.2) is 5.69 Å². The Bertz CT molecular complexity index is 1310. The number of carbonyl (C=O) groups is 2. The van der Waals surface area contributed by atoms with E-state index in [2.05, 4.69) is 22.4 Å². The van der Waals surface area contributed by atoms with Crippen LogP contribution in [0, 0.1) is 0 Å². The SMILES string of the molecule is CNCCCN(C)CCCN(C)C(=O)c1ccc(-n2nc(C(=O)O)cc2-c2c(OC)cccc2OC)c(C(C)C)c1. The van der Waals surface area contributed by atoms with Crippen molar-refractivity contribution in [2.45, 2.75) is 32.6 Å². The van der Waals surface area contributed by atoms with Crippen LogP contribution in [-0.2, 0) is 0 Å². The zero-order valence-corrected chi connectivity index (χ0v) is 25.2. The zero-order valence-electron chi connectivity index (χ0n) is 25.2. The summed E-state index contributed by atoms with van der Waals surface area (Å²) in [6.07, 6.45) is 1.96. The minimum Gasteiger partial charge on any atom is -0.496 e. The first-order valence-corrected chi connectivity index (χ1v) is 13.9. The van der Waals surface area contributed by atoms with Gasteiger partial charge in [-0.05, 0) is 94.5 Å². The van der Waals surface area contributed by atoms with Crippen molar-refractivity contribution in [1.29, 1.82) is 0 Å². The Morgan fingerprint density at radius 2 is 1.66 bits per heavy atom. The molecule has 3 aromatic rings. The Balaban J connectivity index is 1.95. The molecule has 0 atom stereocenters. The molecule has 0 unspecified atom stereocenters. The largest absolute Gasteiger partial charge is 0.496 e. The number of ether oxygens (including phenoxy) is 2. The number of aromatic carboxylic acids is 1. The van der Waals surface area contributed by atoms with E-state index < -0.39 is 5.97 Å². The molecule has 10 nitrogen and oxygen atoms in total. The molecule has 1 aromatic heterocycles. The Morgan fingerprint density at radius 1 is 1.00 bits per heavy atom. The van der Waals surface area contributed by atoms with Gasteiger partial charge in [-0.1, -0.05) is 19.9 Å². The van der Waals surface area contributed by atoms with Gasteiger partial charge in [-0.25, -0.2) is 9.48 Å². The molecule has 0 aliphatic carbocycles. The fourth-order valence-electron chi connectivity index (χ4n) is 4.83. The number of rotatable bonds is 15. The fraction of sp³-hybridized carbons (Fsp3) is 0.452. The lowest BCUT2D eigenvalue weighted by Gasteiger charge is -2.22. The van der Waals surface area contributed by atoms with Crippen LogP contribution in [0.15, 0.2) is 42.5 Å². The summed E-state index contributed by atoms with van der Waals surface area (Å²) >= 11 is 0. The fourth-order valence-corrected chi connectivity index (χ4v) is 4.83. The Kier molecular flexibility index (Phi) is 11.3. The maximum absolute atomic E-state index is 13.4. The number of methoxy groups -OCH3 is 2.